The van der Waals surface area contributed by atoms with Gasteiger partial charge in [0.05, 0.1) is 5.92 Å². The maximum absolute atomic E-state index is 11.2. The zero-order valence-corrected chi connectivity index (χ0v) is 9.78. The summed E-state index contributed by atoms with van der Waals surface area (Å²) in [5.74, 6) is -0.506. The van der Waals surface area contributed by atoms with Crippen molar-refractivity contribution in [1.82, 2.24) is 0 Å². The summed E-state index contributed by atoms with van der Waals surface area (Å²) in [6, 6.07) is 7.15. The van der Waals surface area contributed by atoms with Gasteiger partial charge in [-0.05, 0) is 30.0 Å². The Morgan fingerprint density at radius 2 is 2.00 bits per heavy atom. The lowest BCUT2D eigenvalue weighted by molar-refractivity contribution is -0.139. The van der Waals surface area contributed by atoms with Crippen molar-refractivity contribution in [3.05, 3.63) is 34.9 Å². The molecule has 2 nitrogen and oxygen atoms in total. The van der Waals surface area contributed by atoms with Crippen LogP contribution in [0.1, 0.15) is 37.2 Å². The van der Waals surface area contributed by atoms with Crippen LogP contribution in [0.15, 0.2) is 24.3 Å². The number of rotatable bonds is 4. The third-order valence-electron chi connectivity index (χ3n) is 3.36. The van der Waals surface area contributed by atoms with Gasteiger partial charge in [-0.25, -0.2) is 0 Å². The first-order chi connectivity index (χ1) is 7.66. The SMILES string of the molecule is O=C(O)C(CC1CCC1)c1ccc(Cl)cc1. The molecule has 0 amide bonds. The second-order valence-corrected chi connectivity index (χ2v) is 4.91. The van der Waals surface area contributed by atoms with Gasteiger partial charge in [0.25, 0.3) is 0 Å². The van der Waals surface area contributed by atoms with Gasteiger partial charge in [-0.3, -0.25) is 4.79 Å². The van der Waals surface area contributed by atoms with Gasteiger partial charge in [-0.15, -0.1) is 0 Å². The summed E-state index contributed by atoms with van der Waals surface area (Å²) in [6.07, 6.45) is 4.36. The first-order valence-corrected chi connectivity index (χ1v) is 6.03. The molecular formula is C13H15ClO2. The molecule has 1 aromatic carbocycles. The molecule has 1 saturated carbocycles. The molecule has 0 spiro atoms. The number of aliphatic carboxylic acids is 1. The molecule has 0 bridgehead atoms. The van der Waals surface area contributed by atoms with Crippen LogP contribution in [0.25, 0.3) is 0 Å². The van der Waals surface area contributed by atoms with Crippen LogP contribution >= 0.6 is 11.6 Å². The van der Waals surface area contributed by atoms with E-state index in [0.29, 0.717) is 10.9 Å². The van der Waals surface area contributed by atoms with Gasteiger partial charge in [0.15, 0.2) is 0 Å². The van der Waals surface area contributed by atoms with E-state index in [9.17, 15) is 9.90 Å². The van der Waals surface area contributed by atoms with E-state index < -0.39 is 5.97 Å². The second kappa shape index (κ2) is 4.88. The Kier molecular flexibility index (Phi) is 3.49. The molecule has 1 N–H and O–H groups in total. The summed E-state index contributed by atoms with van der Waals surface area (Å²) in [7, 11) is 0. The lowest BCUT2D eigenvalue weighted by atomic mass is 9.77. The topological polar surface area (TPSA) is 37.3 Å². The number of halogens is 1. The molecular weight excluding hydrogens is 224 g/mol. The Bertz CT molecular complexity index is 368. The van der Waals surface area contributed by atoms with Crippen LogP contribution < -0.4 is 0 Å². The monoisotopic (exact) mass is 238 g/mol. The first kappa shape index (κ1) is 11.5. The third-order valence-corrected chi connectivity index (χ3v) is 3.62. The summed E-state index contributed by atoms with van der Waals surface area (Å²) in [5.41, 5.74) is 0.865. The molecule has 16 heavy (non-hydrogen) atoms. The molecule has 1 unspecified atom stereocenters. The van der Waals surface area contributed by atoms with Gasteiger partial charge in [-0.1, -0.05) is 43.0 Å². The maximum atomic E-state index is 11.2. The predicted octanol–water partition coefficient (Wildman–Crippen LogP) is 3.70. The molecule has 0 aromatic heterocycles. The van der Waals surface area contributed by atoms with E-state index in [4.69, 9.17) is 11.6 Å². The fourth-order valence-corrected chi connectivity index (χ4v) is 2.26. The molecule has 0 radical (unpaired) electrons. The van der Waals surface area contributed by atoms with Crippen molar-refractivity contribution in [2.24, 2.45) is 5.92 Å². The largest absolute Gasteiger partial charge is 0.481 e. The summed E-state index contributed by atoms with van der Waals surface area (Å²) in [6.45, 7) is 0. The molecule has 0 heterocycles. The van der Waals surface area contributed by atoms with Crippen molar-refractivity contribution < 1.29 is 9.90 Å². The fourth-order valence-electron chi connectivity index (χ4n) is 2.14. The first-order valence-electron chi connectivity index (χ1n) is 5.65. The summed E-state index contributed by atoms with van der Waals surface area (Å²) >= 11 is 5.79. The number of carboxylic acid groups (broad SMARTS) is 1. The van der Waals surface area contributed by atoms with E-state index in [1.165, 1.54) is 19.3 Å². The molecule has 1 aromatic rings. The van der Waals surface area contributed by atoms with Crippen LogP contribution in [-0.2, 0) is 4.79 Å². The van der Waals surface area contributed by atoms with E-state index >= 15 is 0 Å². The van der Waals surface area contributed by atoms with Crippen LogP contribution in [0.4, 0.5) is 0 Å². The normalized spacial score (nSPS) is 17.8. The molecule has 3 heteroatoms. The lowest BCUT2D eigenvalue weighted by Crippen LogP contribution is -2.20. The van der Waals surface area contributed by atoms with Gasteiger partial charge in [0, 0.05) is 5.02 Å². The van der Waals surface area contributed by atoms with Gasteiger partial charge in [0.2, 0.25) is 0 Å². The van der Waals surface area contributed by atoms with Gasteiger partial charge < -0.3 is 5.11 Å². The molecule has 86 valence electrons. The van der Waals surface area contributed by atoms with E-state index in [-0.39, 0.29) is 5.92 Å². The Morgan fingerprint density at radius 1 is 1.38 bits per heavy atom. The summed E-state index contributed by atoms with van der Waals surface area (Å²) < 4.78 is 0. The number of hydrogen-bond acceptors (Lipinski definition) is 1. The zero-order chi connectivity index (χ0) is 11.5. The van der Waals surface area contributed by atoms with Crippen molar-refractivity contribution in [3.63, 3.8) is 0 Å². The van der Waals surface area contributed by atoms with Crippen LogP contribution in [-0.4, -0.2) is 11.1 Å². The van der Waals surface area contributed by atoms with Crippen LogP contribution in [0.2, 0.25) is 5.02 Å². The molecule has 1 aliphatic carbocycles. The highest BCUT2D eigenvalue weighted by atomic mass is 35.5. The fraction of sp³-hybridized carbons (Fsp3) is 0.462. The number of benzene rings is 1. The van der Waals surface area contributed by atoms with Gasteiger partial charge in [-0.2, -0.15) is 0 Å². The van der Waals surface area contributed by atoms with Crippen LogP contribution in [0, 0.1) is 5.92 Å². The minimum atomic E-state index is -0.728. The van der Waals surface area contributed by atoms with Gasteiger partial charge >= 0.3 is 5.97 Å². The summed E-state index contributed by atoms with van der Waals surface area (Å²) in [5, 5.41) is 9.88. The molecule has 0 saturated heterocycles. The average molecular weight is 239 g/mol. The molecule has 0 aliphatic heterocycles. The minimum absolute atomic E-state index is 0.373. The highest BCUT2D eigenvalue weighted by Crippen LogP contribution is 2.36. The van der Waals surface area contributed by atoms with Crippen molar-refractivity contribution in [1.29, 1.82) is 0 Å². The standard InChI is InChI=1S/C13H15ClO2/c14-11-6-4-10(5-7-11)12(13(15)16)8-9-2-1-3-9/h4-7,9,12H,1-3,8H2,(H,15,16). The second-order valence-electron chi connectivity index (χ2n) is 4.48. The molecule has 1 aliphatic rings. The van der Waals surface area contributed by atoms with E-state index in [0.717, 1.165) is 12.0 Å². The quantitative estimate of drug-likeness (QED) is 0.869. The Hall–Kier alpha value is -1.02. The van der Waals surface area contributed by atoms with Gasteiger partial charge in [0.1, 0.15) is 0 Å². The third kappa shape index (κ3) is 2.56. The number of carboxylic acids is 1. The zero-order valence-electron chi connectivity index (χ0n) is 9.03. The van der Waals surface area contributed by atoms with E-state index in [1.54, 1.807) is 12.1 Å². The van der Waals surface area contributed by atoms with Crippen LogP contribution in [0.3, 0.4) is 0 Å². The summed E-state index contributed by atoms with van der Waals surface area (Å²) in [4.78, 5) is 11.2. The van der Waals surface area contributed by atoms with Crippen LogP contribution in [0.5, 0.6) is 0 Å². The lowest BCUT2D eigenvalue weighted by Gasteiger charge is -2.28. The maximum Gasteiger partial charge on any atom is 0.310 e. The molecule has 1 fully saturated rings. The predicted molar refractivity (Wildman–Crippen MR) is 63.8 cm³/mol. The minimum Gasteiger partial charge on any atom is -0.481 e. The van der Waals surface area contributed by atoms with Crippen molar-refractivity contribution in [2.45, 2.75) is 31.6 Å². The molecule has 1 atom stereocenters. The smallest absolute Gasteiger partial charge is 0.310 e. The van der Waals surface area contributed by atoms with Crippen molar-refractivity contribution >= 4 is 17.6 Å². The van der Waals surface area contributed by atoms with Crippen molar-refractivity contribution in [2.75, 3.05) is 0 Å². The number of carbonyl (C=O) groups is 1. The molecule has 2 rings (SSSR count). The van der Waals surface area contributed by atoms with E-state index in [2.05, 4.69) is 0 Å². The van der Waals surface area contributed by atoms with Crippen molar-refractivity contribution in [3.8, 4) is 0 Å². The number of hydrogen-bond donors (Lipinski definition) is 1. The average Bonchev–Trinajstić information content (AvgIpc) is 2.18. The van der Waals surface area contributed by atoms with E-state index in [1.807, 2.05) is 12.1 Å². The highest BCUT2D eigenvalue weighted by Gasteiger charge is 2.27. The Balaban J connectivity index is 2.11. The Morgan fingerprint density at radius 3 is 2.44 bits per heavy atom. The Labute approximate surface area is 100 Å². The highest BCUT2D eigenvalue weighted by molar-refractivity contribution is 6.30.